The molecule has 0 amide bonds. The molecule has 1 unspecified atom stereocenters. The largest absolute Gasteiger partial charge is 0.469 e. The molecule has 1 aromatic carbocycles. The van der Waals surface area contributed by atoms with Gasteiger partial charge in [-0.15, -0.1) is 0 Å². The SMILES string of the molecule is CCc1occc1C(N)c1ccc2c(c1)CCC2. The fraction of sp³-hybridized carbons (Fsp3) is 0.375. The number of hydrogen-bond acceptors (Lipinski definition) is 2. The summed E-state index contributed by atoms with van der Waals surface area (Å²) in [5.41, 5.74) is 11.7. The Balaban J connectivity index is 1.95. The summed E-state index contributed by atoms with van der Waals surface area (Å²) < 4.78 is 5.47. The van der Waals surface area contributed by atoms with E-state index in [1.165, 1.54) is 36.0 Å². The topological polar surface area (TPSA) is 39.2 Å². The van der Waals surface area contributed by atoms with Gasteiger partial charge < -0.3 is 10.2 Å². The van der Waals surface area contributed by atoms with E-state index in [0.29, 0.717) is 0 Å². The second kappa shape index (κ2) is 4.62. The lowest BCUT2D eigenvalue weighted by molar-refractivity contribution is 0.509. The van der Waals surface area contributed by atoms with Crippen molar-refractivity contribution in [2.24, 2.45) is 5.73 Å². The first-order chi connectivity index (χ1) is 8.79. The van der Waals surface area contributed by atoms with Gasteiger partial charge in [-0.3, -0.25) is 0 Å². The third kappa shape index (κ3) is 1.87. The molecule has 1 heterocycles. The van der Waals surface area contributed by atoms with Gasteiger partial charge in [0, 0.05) is 12.0 Å². The number of hydrogen-bond donors (Lipinski definition) is 1. The van der Waals surface area contributed by atoms with Crippen molar-refractivity contribution in [1.29, 1.82) is 0 Å². The van der Waals surface area contributed by atoms with E-state index in [4.69, 9.17) is 10.2 Å². The summed E-state index contributed by atoms with van der Waals surface area (Å²) in [5, 5.41) is 0. The van der Waals surface area contributed by atoms with Gasteiger partial charge in [0.1, 0.15) is 5.76 Å². The summed E-state index contributed by atoms with van der Waals surface area (Å²) in [6, 6.07) is 8.62. The first-order valence-corrected chi connectivity index (χ1v) is 6.73. The van der Waals surface area contributed by atoms with Crippen LogP contribution in [0.25, 0.3) is 0 Å². The van der Waals surface area contributed by atoms with E-state index in [1.54, 1.807) is 6.26 Å². The van der Waals surface area contributed by atoms with E-state index in [0.717, 1.165) is 17.7 Å². The van der Waals surface area contributed by atoms with Gasteiger partial charge in [-0.05, 0) is 42.0 Å². The minimum absolute atomic E-state index is 0.0652. The van der Waals surface area contributed by atoms with Crippen LogP contribution in [0, 0.1) is 0 Å². The molecule has 94 valence electrons. The number of benzene rings is 1. The fourth-order valence-corrected chi connectivity index (χ4v) is 2.88. The summed E-state index contributed by atoms with van der Waals surface area (Å²) in [6.45, 7) is 2.09. The number of rotatable bonds is 3. The van der Waals surface area contributed by atoms with Gasteiger partial charge in [0.05, 0.1) is 12.3 Å². The Morgan fingerprint density at radius 2 is 2.06 bits per heavy atom. The maximum Gasteiger partial charge on any atom is 0.108 e. The van der Waals surface area contributed by atoms with Gasteiger partial charge >= 0.3 is 0 Å². The van der Waals surface area contributed by atoms with Crippen LogP contribution in [0.15, 0.2) is 34.9 Å². The average Bonchev–Trinajstić information content (AvgIpc) is 3.05. The van der Waals surface area contributed by atoms with Gasteiger partial charge in [0.2, 0.25) is 0 Å². The first kappa shape index (κ1) is 11.5. The number of furan rings is 1. The molecule has 2 aromatic rings. The molecule has 1 aliphatic rings. The van der Waals surface area contributed by atoms with Gasteiger partial charge in [-0.25, -0.2) is 0 Å². The molecule has 0 radical (unpaired) electrons. The van der Waals surface area contributed by atoms with Crippen LogP contribution in [0.1, 0.15) is 47.4 Å². The smallest absolute Gasteiger partial charge is 0.108 e. The lowest BCUT2D eigenvalue weighted by Crippen LogP contribution is -2.13. The maximum absolute atomic E-state index is 6.37. The molecule has 2 N–H and O–H groups in total. The minimum atomic E-state index is -0.0652. The van der Waals surface area contributed by atoms with Crippen LogP contribution < -0.4 is 5.73 Å². The Labute approximate surface area is 108 Å². The van der Waals surface area contributed by atoms with Crippen LogP contribution in [0.3, 0.4) is 0 Å². The highest BCUT2D eigenvalue weighted by Gasteiger charge is 2.17. The van der Waals surface area contributed by atoms with Gasteiger partial charge in [-0.1, -0.05) is 25.1 Å². The van der Waals surface area contributed by atoms with E-state index in [-0.39, 0.29) is 6.04 Å². The lowest BCUT2D eigenvalue weighted by atomic mass is 9.96. The van der Waals surface area contributed by atoms with Crippen LogP contribution in [0.2, 0.25) is 0 Å². The molecule has 2 nitrogen and oxygen atoms in total. The molecular formula is C16H19NO. The molecule has 1 aromatic heterocycles. The molecule has 0 spiro atoms. The summed E-state index contributed by atoms with van der Waals surface area (Å²) in [5.74, 6) is 1.00. The normalized spacial score (nSPS) is 15.7. The molecule has 1 atom stereocenters. The van der Waals surface area contributed by atoms with Crippen molar-refractivity contribution in [2.45, 2.75) is 38.6 Å². The molecule has 0 saturated carbocycles. The third-order valence-electron chi connectivity index (χ3n) is 3.92. The van der Waals surface area contributed by atoms with Gasteiger partial charge in [0.25, 0.3) is 0 Å². The van der Waals surface area contributed by atoms with Gasteiger partial charge in [-0.2, -0.15) is 0 Å². The number of fused-ring (bicyclic) bond motifs is 1. The Hall–Kier alpha value is -1.54. The summed E-state index contributed by atoms with van der Waals surface area (Å²) in [4.78, 5) is 0. The molecule has 2 heteroatoms. The minimum Gasteiger partial charge on any atom is -0.469 e. The van der Waals surface area contributed by atoms with Crippen molar-refractivity contribution >= 4 is 0 Å². The molecule has 3 rings (SSSR count). The van der Waals surface area contributed by atoms with E-state index in [9.17, 15) is 0 Å². The Morgan fingerprint density at radius 1 is 1.22 bits per heavy atom. The molecule has 1 aliphatic carbocycles. The van der Waals surface area contributed by atoms with Crippen LogP contribution in [0.4, 0.5) is 0 Å². The zero-order chi connectivity index (χ0) is 12.5. The van der Waals surface area contributed by atoms with Crippen molar-refractivity contribution in [3.8, 4) is 0 Å². The van der Waals surface area contributed by atoms with Crippen molar-refractivity contribution in [3.63, 3.8) is 0 Å². The molecule has 0 saturated heterocycles. The van der Waals surface area contributed by atoms with E-state index in [1.807, 2.05) is 6.07 Å². The zero-order valence-electron chi connectivity index (χ0n) is 10.8. The van der Waals surface area contributed by atoms with Crippen LogP contribution in [-0.4, -0.2) is 0 Å². The Kier molecular flexibility index (Phi) is 2.96. The second-order valence-electron chi connectivity index (χ2n) is 5.01. The highest BCUT2D eigenvalue weighted by Crippen LogP contribution is 2.29. The van der Waals surface area contributed by atoms with Crippen LogP contribution >= 0.6 is 0 Å². The summed E-state index contributed by atoms with van der Waals surface area (Å²) in [7, 11) is 0. The molecule has 18 heavy (non-hydrogen) atoms. The second-order valence-corrected chi connectivity index (χ2v) is 5.01. The summed E-state index contributed by atoms with van der Waals surface area (Å²) >= 11 is 0. The van der Waals surface area contributed by atoms with Crippen LogP contribution in [0.5, 0.6) is 0 Å². The van der Waals surface area contributed by atoms with Crippen molar-refractivity contribution in [1.82, 2.24) is 0 Å². The summed E-state index contributed by atoms with van der Waals surface area (Å²) in [6.07, 6.45) is 6.32. The maximum atomic E-state index is 6.37. The molecular weight excluding hydrogens is 222 g/mol. The third-order valence-corrected chi connectivity index (χ3v) is 3.92. The molecule has 0 aliphatic heterocycles. The predicted octanol–water partition coefficient (Wildman–Crippen LogP) is 3.38. The van der Waals surface area contributed by atoms with E-state index < -0.39 is 0 Å². The first-order valence-electron chi connectivity index (χ1n) is 6.73. The predicted molar refractivity (Wildman–Crippen MR) is 72.6 cm³/mol. The quantitative estimate of drug-likeness (QED) is 0.894. The Morgan fingerprint density at radius 3 is 2.89 bits per heavy atom. The monoisotopic (exact) mass is 241 g/mol. The molecule has 0 bridgehead atoms. The van der Waals surface area contributed by atoms with E-state index in [2.05, 4.69) is 25.1 Å². The van der Waals surface area contributed by atoms with Crippen molar-refractivity contribution in [2.75, 3.05) is 0 Å². The molecule has 0 fully saturated rings. The number of nitrogens with two attached hydrogens (primary N) is 1. The fourth-order valence-electron chi connectivity index (χ4n) is 2.88. The van der Waals surface area contributed by atoms with Gasteiger partial charge in [0.15, 0.2) is 0 Å². The van der Waals surface area contributed by atoms with Crippen molar-refractivity contribution < 1.29 is 4.42 Å². The zero-order valence-corrected chi connectivity index (χ0v) is 10.8. The van der Waals surface area contributed by atoms with Crippen molar-refractivity contribution in [3.05, 3.63) is 58.5 Å². The highest BCUT2D eigenvalue weighted by molar-refractivity contribution is 5.40. The highest BCUT2D eigenvalue weighted by atomic mass is 16.3. The lowest BCUT2D eigenvalue weighted by Gasteiger charge is -2.13. The Bertz CT molecular complexity index is 556. The average molecular weight is 241 g/mol. The standard InChI is InChI=1S/C16H19NO/c1-2-15-14(8-9-18-15)16(17)13-7-6-11-4-3-5-12(11)10-13/h6-10,16H,2-5,17H2,1H3. The number of aryl methyl sites for hydroxylation is 3. The van der Waals surface area contributed by atoms with E-state index >= 15 is 0 Å². The van der Waals surface area contributed by atoms with Crippen LogP contribution in [-0.2, 0) is 19.3 Å².